The van der Waals surface area contributed by atoms with E-state index in [-0.39, 0.29) is 18.1 Å². The van der Waals surface area contributed by atoms with Crippen LogP contribution in [-0.4, -0.2) is 66.8 Å². The number of ether oxygens (including phenoxy) is 1. The van der Waals surface area contributed by atoms with Crippen molar-refractivity contribution in [1.29, 1.82) is 0 Å². The number of morpholine rings is 1. The summed E-state index contributed by atoms with van der Waals surface area (Å²) < 4.78 is 10.9. The predicted octanol–water partition coefficient (Wildman–Crippen LogP) is -1.30. The Morgan fingerprint density at radius 2 is 2.35 bits per heavy atom. The summed E-state index contributed by atoms with van der Waals surface area (Å²) in [5.74, 6) is 0.999. The Bertz CT molecular complexity index is 477. The van der Waals surface area contributed by atoms with E-state index < -0.39 is 0 Å². The summed E-state index contributed by atoms with van der Waals surface area (Å²) in [5.41, 5.74) is 0. The molecule has 2 aliphatic heterocycles. The SMILES string of the molecule is CN1CCOC(c2noc(CC3NCCNC3=O)n2)C1. The molecule has 8 heteroatoms. The van der Waals surface area contributed by atoms with Crippen molar-refractivity contribution in [3.8, 4) is 0 Å². The molecule has 110 valence electrons. The average Bonchev–Trinajstić information content (AvgIpc) is 2.90. The Morgan fingerprint density at radius 1 is 1.45 bits per heavy atom. The Kier molecular flexibility index (Phi) is 3.95. The zero-order chi connectivity index (χ0) is 13.9. The van der Waals surface area contributed by atoms with Crippen LogP contribution in [0.4, 0.5) is 0 Å². The van der Waals surface area contributed by atoms with Gasteiger partial charge in [-0.25, -0.2) is 0 Å². The second kappa shape index (κ2) is 5.86. The minimum absolute atomic E-state index is 0.0235. The van der Waals surface area contributed by atoms with Gasteiger partial charge in [-0.05, 0) is 7.05 Å². The number of amides is 1. The van der Waals surface area contributed by atoms with Gasteiger partial charge in [-0.2, -0.15) is 4.98 Å². The topological polar surface area (TPSA) is 92.5 Å². The van der Waals surface area contributed by atoms with Gasteiger partial charge in [0.15, 0.2) is 0 Å². The van der Waals surface area contributed by atoms with Crippen LogP contribution in [0.15, 0.2) is 4.52 Å². The van der Waals surface area contributed by atoms with Crippen LogP contribution in [0.25, 0.3) is 0 Å². The zero-order valence-electron chi connectivity index (χ0n) is 11.5. The lowest BCUT2D eigenvalue weighted by atomic mass is 10.1. The molecule has 2 N–H and O–H groups in total. The van der Waals surface area contributed by atoms with Crippen molar-refractivity contribution >= 4 is 5.91 Å². The first-order valence-electron chi connectivity index (χ1n) is 6.86. The van der Waals surface area contributed by atoms with Gasteiger partial charge in [0.2, 0.25) is 17.6 Å². The lowest BCUT2D eigenvalue weighted by molar-refractivity contribution is -0.124. The van der Waals surface area contributed by atoms with Crippen LogP contribution < -0.4 is 10.6 Å². The number of likely N-dealkylation sites (N-methyl/N-ethyl adjacent to an activating group) is 1. The van der Waals surface area contributed by atoms with Gasteiger partial charge in [0.25, 0.3) is 0 Å². The largest absolute Gasteiger partial charge is 0.367 e. The summed E-state index contributed by atoms with van der Waals surface area (Å²) >= 11 is 0. The van der Waals surface area contributed by atoms with E-state index >= 15 is 0 Å². The van der Waals surface area contributed by atoms with E-state index in [1.54, 1.807) is 0 Å². The third kappa shape index (κ3) is 2.97. The molecule has 0 bridgehead atoms. The highest BCUT2D eigenvalue weighted by atomic mass is 16.5. The van der Waals surface area contributed by atoms with Crippen molar-refractivity contribution in [3.63, 3.8) is 0 Å². The van der Waals surface area contributed by atoms with E-state index in [1.165, 1.54) is 0 Å². The summed E-state index contributed by atoms with van der Waals surface area (Å²) in [6, 6.07) is -0.299. The van der Waals surface area contributed by atoms with E-state index in [0.29, 0.717) is 31.3 Å². The maximum absolute atomic E-state index is 11.7. The van der Waals surface area contributed by atoms with Crippen LogP contribution in [0.5, 0.6) is 0 Å². The predicted molar refractivity (Wildman–Crippen MR) is 69.0 cm³/mol. The molecule has 1 amide bonds. The number of aromatic nitrogens is 2. The highest BCUT2D eigenvalue weighted by molar-refractivity contribution is 5.82. The van der Waals surface area contributed by atoms with Crippen LogP contribution in [-0.2, 0) is 16.0 Å². The molecule has 2 aliphatic rings. The molecule has 2 atom stereocenters. The van der Waals surface area contributed by atoms with Gasteiger partial charge in [0.05, 0.1) is 19.1 Å². The molecular formula is C12H19N5O3. The van der Waals surface area contributed by atoms with Gasteiger partial charge in [-0.1, -0.05) is 5.16 Å². The molecule has 8 nitrogen and oxygen atoms in total. The van der Waals surface area contributed by atoms with Crippen LogP contribution in [0.2, 0.25) is 0 Å². The number of carbonyl (C=O) groups is 1. The van der Waals surface area contributed by atoms with Crippen molar-refractivity contribution in [2.45, 2.75) is 18.6 Å². The summed E-state index contributed by atoms with van der Waals surface area (Å²) in [6.45, 7) is 3.74. The van der Waals surface area contributed by atoms with Crippen LogP contribution >= 0.6 is 0 Å². The minimum Gasteiger partial charge on any atom is -0.367 e. The summed E-state index contributed by atoms with van der Waals surface area (Å²) in [4.78, 5) is 18.2. The number of carbonyl (C=O) groups excluding carboxylic acids is 1. The number of nitrogens with one attached hydrogen (secondary N) is 2. The van der Waals surface area contributed by atoms with E-state index in [1.807, 2.05) is 7.05 Å². The van der Waals surface area contributed by atoms with Crippen molar-refractivity contribution in [3.05, 3.63) is 11.7 Å². The van der Waals surface area contributed by atoms with Crippen molar-refractivity contribution in [1.82, 2.24) is 25.7 Å². The van der Waals surface area contributed by atoms with E-state index in [0.717, 1.165) is 19.6 Å². The number of hydrogen-bond acceptors (Lipinski definition) is 7. The van der Waals surface area contributed by atoms with Gasteiger partial charge in [-0.3, -0.25) is 4.79 Å². The number of hydrogen-bond donors (Lipinski definition) is 2. The number of rotatable bonds is 3. The summed E-state index contributed by atoms with van der Waals surface area (Å²) in [5, 5.41) is 9.91. The zero-order valence-corrected chi connectivity index (χ0v) is 11.5. The van der Waals surface area contributed by atoms with E-state index in [4.69, 9.17) is 9.26 Å². The average molecular weight is 281 g/mol. The fraction of sp³-hybridized carbons (Fsp3) is 0.750. The molecule has 1 aromatic rings. The van der Waals surface area contributed by atoms with Gasteiger partial charge in [0, 0.05) is 26.2 Å². The second-order valence-electron chi connectivity index (χ2n) is 5.17. The molecule has 3 heterocycles. The van der Waals surface area contributed by atoms with Crippen molar-refractivity contribution < 1.29 is 14.1 Å². The maximum atomic E-state index is 11.7. The van der Waals surface area contributed by atoms with Crippen molar-refractivity contribution in [2.24, 2.45) is 0 Å². The normalized spacial score (nSPS) is 28.4. The smallest absolute Gasteiger partial charge is 0.237 e. The fourth-order valence-electron chi connectivity index (χ4n) is 2.40. The van der Waals surface area contributed by atoms with Gasteiger partial charge >= 0.3 is 0 Å². The molecule has 2 unspecified atom stereocenters. The Labute approximate surface area is 116 Å². The second-order valence-corrected chi connectivity index (χ2v) is 5.17. The Morgan fingerprint density at radius 3 is 3.15 bits per heavy atom. The molecule has 0 spiro atoms. The highest BCUT2D eigenvalue weighted by Crippen LogP contribution is 2.19. The Hall–Kier alpha value is -1.51. The molecule has 0 saturated carbocycles. The molecule has 0 radical (unpaired) electrons. The number of piperazine rings is 1. The molecule has 2 saturated heterocycles. The van der Waals surface area contributed by atoms with E-state index in [9.17, 15) is 4.79 Å². The molecule has 2 fully saturated rings. The lowest BCUT2D eigenvalue weighted by Crippen LogP contribution is -2.53. The fourth-order valence-corrected chi connectivity index (χ4v) is 2.40. The van der Waals surface area contributed by atoms with Gasteiger partial charge in [0.1, 0.15) is 6.10 Å². The maximum Gasteiger partial charge on any atom is 0.237 e. The summed E-state index contributed by atoms with van der Waals surface area (Å²) in [6.07, 6.45) is 0.251. The highest BCUT2D eigenvalue weighted by Gasteiger charge is 2.27. The molecule has 0 aromatic carbocycles. The summed E-state index contributed by atoms with van der Waals surface area (Å²) in [7, 11) is 2.03. The third-order valence-corrected chi connectivity index (χ3v) is 3.55. The van der Waals surface area contributed by atoms with Crippen LogP contribution in [0, 0.1) is 0 Å². The van der Waals surface area contributed by atoms with Gasteiger partial charge < -0.3 is 24.8 Å². The minimum atomic E-state index is -0.299. The molecule has 0 aliphatic carbocycles. The first-order valence-corrected chi connectivity index (χ1v) is 6.86. The van der Waals surface area contributed by atoms with E-state index in [2.05, 4.69) is 25.7 Å². The third-order valence-electron chi connectivity index (χ3n) is 3.55. The monoisotopic (exact) mass is 281 g/mol. The first-order chi connectivity index (χ1) is 9.72. The molecule has 1 aromatic heterocycles. The van der Waals surface area contributed by atoms with Crippen LogP contribution in [0.1, 0.15) is 17.8 Å². The van der Waals surface area contributed by atoms with Gasteiger partial charge in [-0.15, -0.1) is 0 Å². The first kappa shape index (κ1) is 13.5. The molecule has 3 rings (SSSR count). The molecule has 20 heavy (non-hydrogen) atoms. The van der Waals surface area contributed by atoms with Crippen LogP contribution in [0.3, 0.4) is 0 Å². The standard InChI is InChI=1S/C12H19N5O3/c1-17-4-5-19-9(7-17)11-15-10(20-16-11)6-8-12(18)14-3-2-13-8/h8-9,13H,2-7H2,1H3,(H,14,18). The molecular weight excluding hydrogens is 262 g/mol. The lowest BCUT2D eigenvalue weighted by Gasteiger charge is -2.27. The Balaban J connectivity index is 1.62. The quantitative estimate of drug-likeness (QED) is 0.711. The number of nitrogens with zero attached hydrogens (tertiary/aromatic N) is 3. The van der Waals surface area contributed by atoms with Crippen molar-refractivity contribution in [2.75, 3.05) is 39.8 Å².